The first-order valence-electron chi connectivity index (χ1n) is 5.00. The molecule has 17 heavy (non-hydrogen) atoms. The van der Waals surface area contributed by atoms with E-state index in [1.54, 1.807) is 25.5 Å². The maximum absolute atomic E-state index is 10.7. The molecule has 0 bridgehead atoms. The molecule has 6 heteroatoms. The lowest BCUT2D eigenvalue weighted by Gasteiger charge is -1.92. The molecule has 0 atom stereocenters. The predicted octanol–water partition coefficient (Wildman–Crippen LogP) is 0.167. The van der Waals surface area contributed by atoms with E-state index in [4.69, 9.17) is 0 Å². The van der Waals surface area contributed by atoms with E-state index < -0.39 is 0 Å². The lowest BCUT2D eigenvalue weighted by atomic mass is 10.4. The summed E-state index contributed by atoms with van der Waals surface area (Å²) in [6, 6.07) is 3.04. The molecule has 2 aromatic rings. The second kappa shape index (κ2) is 5.74. The number of H-pyrrole nitrogens is 1. The Bertz CT molecular complexity index is 601. The summed E-state index contributed by atoms with van der Waals surface area (Å²) in [4.78, 5) is 21.1. The minimum Gasteiger partial charge on any atom is -0.268 e. The number of rotatable bonds is 0. The minimum atomic E-state index is -0.148. The third-order valence-electron chi connectivity index (χ3n) is 1.91. The lowest BCUT2D eigenvalue weighted by Crippen LogP contribution is -2.17. The van der Waals surface area contributed by atoms with Gasteiger partial charge in [0.05, 0.1) is 12.4 Å². The smallest absolute Gasteiger partial charge is 0.266 e. The van der Waals surface area contributed by atoms with Crippen LogP contribution in [0.2, 0.25) is 0 Å². The number of nitrogens with zero attached hydrogens (tertiary/aromatic N) is 3. The highest BCUT2D eigenvalue weighted by molar-refractivity contribution is 5.02. The Hall–Kier alpha value is -2.24. The lowest BCUT2D eigenvalue weighted by molar-refractivity contribution is 0.703. The van der Waals surface area contributed by atoms with Gasteiger partial charge in [0.15, 0.2) is 0 Å². The molecule has 90 valence electrons. The molecule has 0 aliphatic rings. The molecule has 0 aliphatic carbocycles. The molecule has 0 amide bonds. The summed E-state index contributed by atoms with van der Waals surface area (Å²) >= 11 is 0. The maximum atomic E-state index is 10.7. The van der Waals surface area contributed by atoms with Gasteiger partial charge in [-0.15, -0.1) is 0 Å². The van der Waals surface area contributed by atoms with Crippen LogP contribution in [0, 0.1) is 13.8 Å². The van der Waals surface area contributed by atoms with Crippen molar-refractivity contribution in [3.8, 4) is 0 Å². The van der Waals surface area contributed by atoms with E-state index in [0.29, 0.717) is 0 Å². The van der Waals surface area contributed by atoms with Gasteiger partial charge in [0.2, 0.25) is 0 Å². The van der Waals surface area contributed by atoms with Gasteiger partial charge in [0.25, 0.3) is 11.1 Å². The first-order valence-corrected chi connectivity index (χ1v) is 5.00. The molecule has 2 rings (SSSR count). The van der Waals surface area contributed by atoms with Crippen LogP contribution in [0.4, 0.5) is 0 Å². The Labute approximate surface area is 97.9 Å². The number of hydrogen-bond acceptors (Lipinski definition) is 4. The van der Waals surface area contributed by atoms with Gasteiger partial charge in [-0.3, -0.25) is 9.59 Å². The van der Waals surface area contributed by atoms with Crippen LogP contribution in [-0.4, -0.2) is 20.0 Å². The van der Waals surface area contributed by atoms with Gasteiger partial charge in [-0.1, -0.05) is 0 Å². The maximum Gasteiger partial charge on any atom is 0.266 e. The third kappa shape index (κ3) is 4.42. The van der Waals surface area contributed by atoms with Crippen LogP contribution in [0.25, 0.3) is 0 Å². The van der Waals surface area contributed by atoms with Gasteiger partial charge in [-0.2, -0.15) is 10.2 Å². The van der Waals surface area contributed by atoms with Crippen LogP contribution < -0.4 is 11.1 Å². The predicted molar refractivity (Wildman–Crippen MR) is 63.8 cm³/mol. The summed E-state index contributed by atoms with van der Waals surface area (Å²) in [7, 11) is 1.63. The second-order valence-corrected chi connectivity index (χ2v) is 3.62. The van der Waals surface area contributed by atoms with Crippen molar-refractivity contribution in [3.63, 3.8) is 0 Å². The summed E-state index contributed by atoms with van der Waals surface area (Å²) in [5.74, 6) is 0. The fourth-order valence-electron chi connectivity index (χ4n) is 1.03. The van der Waals surface area contributed by atoms with Crippen LogP contribution in [-0.2, 0) is 7.05 Å². The quantitative estimate of drug-likeness (QED) is 0.704. The van der Waals surface area contributed by atoms with E-state index in [1.165, 1.54) is 10.7 Å². The van der Waals surface area contributed by atoms with E-state index in [1.807, 2.05) is 13.8 Å². The minimum absolute atomic E-state index is 0.0602. The average molecular weight is 234 g/mol. The Morgan fingerprint density at radius 3 is 2.18 bits per heavy atom. The fourth-order valence-corrected chi connectivity index (χ4v) is 1.03. The SMILES string of the molecule is Cc1cn[nH]c(=O)c1.Cc1cnn(C)c(=O)c1. The topological polar surface area (TPSA) is 80.6 Å². The van der Waals surface area contributed by atoms with E-state index in [2.05, 4.69) is 15.3 Å². The summed E-state index contributed by atoms with van der Waals surface area (Å²) in [6.07, 6.45) is 3.25. The molecule has 0 aromatic carbocycles. The molecule has 0 saturated heterocycles. The number of hydrogen-bond donors (Lipinski definition) is 1. The Balaban J connectivity index is 0.000000171. The zero-order valence-electron chi connectivity index (χ0n) is 9.97. The zero-order valence-corrected chi connectivity index (χ0v) is 9.97. The summed E-state index contributed by atoms with van der Waals surface area (Å²) in [6.45, 7) is 3.66. The average Bonchev–Trinajstić information content (AvgIpc) is 2.24. The van der Waals surface area contributed by atoms with Crippen molar-refractivity contribution in [2.24, 2.45) is 7.05 Å². The van der Waals surface area contributed by atoms with Crippen molar-refractivity contribution in [1.29, 1.82) is 0 Å². The first kappa shape index (κ1) is 12.8. The molecular formula is C11H14N4O2. The Morgan fingerprint density at radius 2 is 1.76 bits per heavy atom. The first-order chi connectivity index (χ1) is 7.99. The molecule has 0 saturated carbocycles. The molecule has 2 heterocycles. The van der Waals surface area contributed by atoms with Crippen molar-refractivity contribution in [3.05, 3.63) is 56.4 Å². The number of aromatic amines is 1. The molecule has 2 aromatic heterocycles. The summed E-state index contributed by atoms with van der Waals surface area (Å²) < 4.78 is 1.30. The van der Waals surface area contributed by atoms with Crippen LogP contribution in [0.3, 0.4) is 0 Å². The van der Waals surface area contributed by atoms with E-state index >= 15 is 0 Å². The van der Waals surface area contributed by atoms with Crippen molar-refractivity contribution in [1.82, 2.24) is 20.0 Å². The Morgan fingerprint density at radius 1 is 1.12 bits per heavy atom. The van der Waals surface area contributed by atoms with Gasteiger partial charge in [0, 0.05) is 19.2 Å². The van der Waals surface area contributed by atoms with Crippen molar-refractivity contribution >= 4 is 0 Å². The largest absolute Gasteiger partial charge is 0.268 e. The fraction of sp³-hybridized carbons (Fsp3) is 0.273. The highest BCUT2D eigenvalue weighted by Crippen LogP contribution is 1.83. The van der Waals surface area contributed by atoms with Gasteiger partial charge in [-0.25, -0.2) is 9.78 Å². The van der Waals surface area contributed by atoms with E-state index in [9.17, 15) is 9.59 Å². The van der Waals surface area contributed by atoms with Crippen LogP contribution in [0.5, 0.6) is 0 Å². The molecule has 0 aliphatic heterocycles. The third-order valence-corrected chi connectivity index (χ3v) is 1.91. The monoisotopic (exact) mass is 234 g/mol. The van der Waals surface area contributed by atoms with E-state index in [0.717, 1.165) is 11.1 Å². The second-order valence-electron chi connectivity index (χ2n) is 3.62. The standard InChI is InChI=1S/C6H8N2O.C5H6N2O/c1-5-3-6(9)8(2)7-4-5;1-4-2-5(8)7-6-3-4/h3-4H,1-2H3;2-3H,1H3,(H,7,8). The highest BCUT2D eigenvalue weighted by Gasteiger charge is 1.87. The number of nitrogens with one attached hydrogen (secondary N) is 1. The molecule has 0 fully saturated rings. The number of aromatic nitrogens is 4. The van der Waals surface area contributed by atoms with Crippen LogP contribution in [0.15, 0.2) is 34.1 Å². The van der Waals surface area contributed by atoms with Gasteiger partial charge < -0.3 is 0 Å². The summed E-state index contributed by atoms with van der Waals surface area (Å²) in [5.41, 5.74) is 1.58. The molecule has 6 nitrogen and oxygen atoms in total. The Kier molecular flexibility index (Phi) is 4.33. The molecule has 0 spiro atoms. The van der Waals surface area contributed by atoms with Crippen molar-refractivity contribution < 1.29 is 0 Å². The molecular weight excluding hydrogens is 220 g/mol. The van der Waals surface area contributed by atoms with Crippen LogP contribution in [0.1, 0.15) is 11.1 Å². The zero-order chi connectivity index (χ0) is 12.8. The molecule has 1 N–H and O–H groups in total. The number of aryl methyl sites for hydroxylation is 3. The molecule has 0 radical (unpaired) electrons. The van der Waals surface area contributed by atoms with Crippen molar-refractivity contribution in [2.45, 2.75) is 13.8 Å². The molecule has 0 unspecified atom stereocenters. The van der Waals surface area contributed by atoms with Crippen LogP contribution >= 0.6 is 0 Å². The summed E-state index contributed by atoms with van der Waals surface area (Å²) in [5, 5.41) is 9.60. The normalized spacial score (nSPS) is 9.35. The highest BCUT2D eigenvalue weighted by atomic mass is 16.1. The van der Waals surface area contributed by atoms with E-state index in [-0.39, 0.29) is 11.1 Å². The van der Waals surface area contributed by atoms with Gasteiger partial charge >= 0.3 is 0 Å². The van der Waals surface area contributed by atoms with Gasteiger partial charge in [0.1, 0.15) is 0 Å². The van der Waals surface area contributed by atoms with Crippen molar-refractivity contribution in [2.75, 3.05) is 0 Å². The van der Waals surface area contributed by atoms with Gasteiger partial charge in [-0.05, 0) is 25.0 Å².